The van der Waals surface area contributed by atoms with Gasteiger partial charge in [0, 0.05) is 6.42 Å². The molecule has 14 nitrogen and oxygen atoms in total. The number of carbonyl (C=O) groups is 4. The molecule has 15 heteroatoms. The second-order valence-electron chi connectivity index (χ2n) is 12.7. The van der Waals surface area contributed by atoms with Crippen LogP contribution in [0.25, 0.3) is 0 Å². The molecule has 0 bridgehead atoms. The number of alkyl carbamates (subject to hydrolysis) is 1. The van der Waals surface area contributed by atoms with Gasteiger partial charge in [-0.1, -0.05) is 127 Å². The summed E-state index contributed by atoms with van der Waals surface area (Å²) in [5.41, 5.74) is 8.63. The zero-order chi connectivity index (χ0) is 40.5. The third-order valence-electron chi connectivity index (χ3n) is 8.19. The third-order valence-corrected chi connectivity index (χ3v) is 9.07. The number of amides is 3. The number of rotatable bonds is 20. The number of primary amides is 1. The van der Waals surface area contributed by atoms with E-state index in [1.807, 2.05) is 30.3 Å². The Labute approximate surface area is 329 Å². The summed E-state index contributed by atoms with van der Waals surface area (Å²) in [6.45, 7) is -0.379. The van der Waals surface area contributed by atoms with Crippen molar-refractivity contribution in [2.24, 2.45) is 5.73 Å². The molecule has 0 radical (unpaired) electrons. The molecule has 0 aliphatic heterocycles. The maximum atomic E-state index is 13.7. The maximum Gasteiger partial charge on any atom is 0.527 e. The minimum atomic E-state index is -4.67. The number of hydrogen-bond acceptors (Lipinski definition) is 10. The highest BCUT2D eigenvalue weighted by Crippen LogP contribution is 2.47. The van der Waals surface area contributed by atoms with E-state index in [9.17, 15) is 28.6 Å². The number of carbonyl (C=O) groups excluding carboxylic acids is 4. The van der Waals surface area contributed by atoms with Crippen LogP contribution >= 0.6 is 7.82 Å². The first kappa shape index (κ1) is 41.7. The van der Waals surface area contributed by atoms with E-state index in [0.29, 0.717) is 22.3 Å². The van der Waals surface area contributed by atoms with Gasteiger partial charge in [-0.05, 0) is 39.9 Å². The highest BCUT2D eigenvalue weighted by molar-refractivity contribution is 7.47. The average Bonchev–Trinajstić information content (AvgIpc) is 3.22. The van der Waals surface area contributed by atoms with Crippen LogP contribution in [0.2, 0.25) is 0 Å². The van der Waals surface area contributed by atoms with Crippen LogP contribution < -0.4 is 25.6 Å². The molecule has 5 rings (SSSR count). The molecule has 0 fully saturated rings. The van der Waals surface area contributed by atoms with Crippen molar-refractivity contribution in [2.45, 2.75) is 51.4 Å². The average molecular weight is 796 g/mol. The summed E-state index contributed by atoms with van der Waals surface area (Å²) in [6.07, 6.45) is -1.78. The topological polar surface area (TPSA) is 202 Å². The molecule has 3 atom stereocenters. The first-order valence-electron chi connectivity index (χ1n) is 17.8. The number of hydrogen-bond donors (Lipinski definition) is 4. The summed E-state index contributed by atoms with van der Waals surface area (Å²) >= 11 is 0. The molecule has 0 saturated heterocycles. The summed E-state index contributed by atoms with van der Waals surface area (Å²) < 4.78 is 40.6. The Balaban J connectivity index is 1.36. The number of esters is 1. The van der Waals surface area contributed by atoms with Crippen LogP contribution in [-0.4, -0.2) is 40.9 Å². The van der Waals surface area contributed by atoms with Gasteiger partial charge in [0.15, 0.2) is 11.5 Å². The molecule has 5 N–H and O–H groups in total. The lowest BCUT2D eigenvalue weighted by Crippen LogP contribution is -2.53. The molecular formula is C42H42N3O11P. The highest BCUT2D eigenvalue weighted by atomic mass is 31.2. The smallest absolute Gasteiger partial charge is 0.485 e. The summed E-state index contributed by atoms with van der Waals surface area (Å²) in [5.74, 6) is -2.74. The first-order chi connectivity index (χ1) is 27.5. The van der Waals surface area contributed by atoms with Crippen molar-refractivity contribution < 1.29 is 51.9 Å². The molecule has 296 valence electrons. The van der Waals surface area contributed by atoms with E-state index in [0.717, 1.165) is 5.56 Å². The van der Waals surface area contributed by atoms with Crippen molar-refractivity contribution in [3.63, 3.8) is 0 Å². The third kappa shape index (κ3) is 14.3. The maximum absolute atomic E-state index is 13.7. The molecule has 5 aromatic carbocycles. The lowest BCUT2D eigenvalue weighted by Gasteiger charge is -2.23. The molecule has 0 saturated carbocycles. The monoisotopic (exact) mass is 795 g/mol. The van der Waals surface area contributed by atoms with Crippen molar-refractivity contribution in [3.8, 4) is 11.5 Å². The molecule has 0 aromatic heterocycles. The predicted molar refractivity (Wildman–Crippen MR) is 208 cm³/mol. The predicted octanol–water partition coefficient (Wildman–Crippen LogP) is 5.90. The summed E-state index contributed by atoms with van der Waals surface area (Å²) in [7, 11) is -4.67. The number of phosphoric ester groups is 1. The van der Waals surface area contributed by atoms with Gasteiger partial charge in [0.1, 0.15) is 31.9 Å². The van der Waals surface area contributed by atoms with Gasteiger partial charge in [-0.3, -0.25) is 19.0 Å². The zero-order valence-corrected chi connectivity index (χ0v) is 31.6. The van der Waals surface area contributed by atoms with E-state index in [2.05, 4.69) is 10.6 Å². The Morgan fingerprint density at radius 3 is 1.65 bits per heavy atom. The standard InChI is InChI=1S/C42H42N3O11P/c43-39(46)25-35(45-42(49)54-28-32-17-9-3-10-18-32)40(47)44-36(41(48)53-27-31-15-7-2-8-16-31)23-34-21-22-37(38(24-34)52-26-30-13-5-1-6-14-30)56-57(50,51)55-29-33-19-11-4-12-20-33/h1-22,24,35-36H,23,25-29H2,(H2,43,46)(H,44,47)(H,45,49)(H,50,51)/t35-,36-/m0/s1. The fourth-order valence-electron chi connectivity index (χ4n) is 5.33. The van der Waals surface area contributed by atoms with Crippen LogP contribution in [0.5, 0.6) is 11.5 Å². The van der Waals surface area contributed by atoms with E-state index >= 15 is 0 Å². The number of benzene rings is 5. The quantitative estimate of drug-likeness (QED) is 0.0540. The molecule has 0 aliphatic rings. The van der Waals surface area contributed by atoms with Crippen LogP contribution in [0.3, 0.4) is 0 Å². The van der Waals surface area contributed by atoms with Gasteiger partial charge >= 0.3 is 19.9 Å². The van der Waals surface area contributed by atoms with Crippen molar-refractivity contribution in [3.05, 3.63) is 167 Å². The van der Waals surface area contributed by atoms with Crippen LogP contribution in [0, 0.1) is 0 Å². The Morgan fingerprint density at radius 1 is 0.596 bits per heavy atom. The van der Waals surface area contributed by atoms with Gasteiger partial charge in [0.2, 0.25) is 11.8 Å². The van der Waals surface area contributed by atoms with E-state index in [4.69, 9.17) is 29.0 Å². The van der Waals surface area contributed by atoms with Crippen LogP contribution in [-0.2, 0) is 65.8 Å². The first-order valence-corrected chi connectivity index (χ1v) is 19.3. The Bertz CT molecular complexity index is 2130. The van der Waals surface area contributed by atoms with E-state index < -0.39 is 50.2 Å². The molecule has 1 unspecified atom stereocenters. The fourth-order valence-corrected chi connectivity index (χ4v) is 6.10. The lowest BCUT2D eigenvalue weighted by atomic mass is 10.0. The molecule has 0 aliphatic carbocycles. The molecule has 57 heavy (non-hydrogen) atoms. The normalized spacial score (nSPS) is 12.9. The minimum Gasteiger partial charge on any atom is -0.485 e. The lowest BCUT2D eigenvalue weighted by molar-refractivity contribution is -0.149. The van der Waals surface area contributed by atoms with Gasteiger partial charge in [0.25, 0.3) is 0 Å². The number of nitrogens with two attached hydrogens (primary N) is 1. The van der Waals surface area contributed by atoms with Gasteiger partial charge in [-0.15, -0.1) is 0 Å². The van der Waals surface area contributed by atoms with Crippen LogP contribution in [0.4, 0.5) is 4.79 Å². The molecule has 3 amide bonds. The zero-order valence-electron chi connectivity index (χ0n) is 30.7. The van der Waals surface area contributed by atoms with Gasteiger partial charge in [-0.25, -0.2) is 14.2 Å². The van der Waals surface area contributed by atoms with Crippen molar-refractivity contribution in [1.29, 1.82) is 0 Å². The number of ether oxygens (including phenoxy) is 3. The van der Waals surface area contributed by atoms with Gasteiger partial charge in [-0.2, -0.15) is 0 Å². The van der Waals surface area contributed by atoms with Crippen LogP contribution in [0.15, 0.2) is 140 Å². The Hall–Kier alpha value is -6.47. The molecule has 0 heterocycles. The highest BCUT2D eigenvalue weighted by Gasteiger charge is 2.31. The Kier molecular flexibility index (Phi) is 15.4. The number of nitrogens with one attached hydrogen (secondary N) is 2. The van der Waals surface area contributed by atoms with Crippen molar-refractivity contribution >= 4 is 31.7 Å². The van der Waals surface area contributed by atoms with Gasteiger partial charge in [0.05, 0.1) is 13.0 Å². The Morgan fingerprint density at radius 2 is 1.11 bits per heavy atom. The van der Waals surface area contributed by atoms with Crippen molar-refractivity contribution in [1.82, 2.24) is 10.6 Å². The van der Waals surface area contributed by atoms with Gasteiger partial charge < -0.3 is 35.1 Å². The largest absolute Gasteiger partial charge is 0.527 e. The summed E-state index contributed by atoms with van der Waals surface area (Å²) in [6, 6.07) is 37.1. The van der Waals surface area contributed by atoms with E-state index in [-0.39, 0.29) is 44.3 Å². The van der Waals surface area contributed by atoms with Crippen LogP contribution in [0.1, 0.15) is 34.2 Å². The molecular weight excluding hydrogens is 753 g/mol. The van der Waals surface area contributed by atoms with E-state index in [1.54, 1.807) is 91.0 Å². The fraction of sp³-hybridized carbons (Fsp3) is 0.190. The van der Waals surface area contributed by atoms with E-state index in [1.165, 1.54) is 18.2 Å². The summed E-state index contributed by atoms with van der Waals surface area (Å²) in [5, 5.41) is 4.93. The minimum absolute atomic E-state index is 0.0334. The number of phosphoric acid groups is 1. The summed E-state index contributed by atoms with van der Waals surface area (Å²) in [4.78, 5) is 62.6. The van der Waals surface area contributed by atoms with Crippen molar-refractivity contribution in [2.75, 3.05) is 0 Å². The molecule has 0 spiro atoms. The second-order valence-corrected chi connectivity index (χ2v) is 14.0. The second kappa shape index (κ2) is 21.0. The molecule has 5 aromatic rings. The SMILES string of the molecule is NC(=O)C[C@H](NC(=O)OCc1ccccc1)C(=O)N[C@@H](Cc1ccc(OP(=O)(O)OCc2ccccc2)c(OCc2ccccc2)c1)C(=O)OCc1ccccc1.